The minimum absolute atomic E-state index is 0.268. The predicted molar refractivity (Wildman–Crippen MR) is 122 cm³/mol. The van der Waals surface area contributed by atoms with E-state index in [-0.39, 0.29) is 5.12 Å². The van der Waals surface area contributed by atoms with E-state index >= 15 is 0 Å². The van der Waals surface area contributed by atoms with Crippen molar-refractivity contribution in [3.8, 4) is 16.3 Å². The molecule has 0 radical (unpaired) electrons. The van der Waals surface area contributed by atoms with Gasteiger partial charge in [0.1, 0.15) is 10.8 Å². The van der Waals surface area contributed by atoms with E-state index in [4.69, 9.17) is 4.74 Å². The molecule has 1 aromatic heterocycles. The van der Waals surface area contributed by atoms with Crippen molar-refractivity contribution in [2.24, 2.45) is 0 Å². The molecule has 0 saturated carbocycles. The van der Waals surface area contributed by atoms with Crippen LogP contribution < -0.4 is 14.8 Å². The largest absolute Gasteiger partial charge is 0.497 e. The summed E-state index contributed by atoms with van der Waals surface area (Å²) in [5.41, 5.74) is 2.94. The summed E-state index contributed by atoms with van der Waals surface area (Å²) in [6.07, 6.45) is 0. The number of nitrogens with zero attached hydrogens (tertiary/aromatic N) is 1. The zero-order valence-corrected chi connectivity index (χ0v) is 17.5. The third kappa shape index (κ3) is 4.61. The molecule has 0 saturated heterocycles. The summed E-state index contributed by atoms with van der Waals surface area (Å²) in [5.74, 6) is 0.662. The maximum absolute atomic E-state index is 12.2. The number of thiazole rings is 1. The number of nitrogens with one attached hydrogen (secondary N) is 2. The standard InChI is InChI=1S/C22H17N3O3S2/c1-28-17-11-9-14(10-12-17)21(26)30-25-22(27)23-16-6-4-5-15(13-16)20-24-18-7-2-3-8-19(18)29-20/h2-13H,1H3,(H2,23,25,27). The SMILES string of the molecule is COc1ccc(C(=O)SNC(=O)Nc2cccc(-c3nc4ccccc4s3)c2)cc1. The van der Waals surface area contributed by atoms with Gasteiger partial charge in [0.25, 0.3) is 0 Å². The van der Waals surface area contributed by atoms with E-state index in [0.29, 0.717) is 17.0 Å². The molecule has 2 amide bonds. The van der Waals surface area contributed by atoms with Gasteiger partial charge in [-0.2, -0.15) is 0 Å². The number of rotatable bonds is 4. The Balaban J connectivity index is 1.38. The molecular weight excluding hydrogens is 418 g/mol. The van der Waals surface area contributed by atoms with Crippen LogP contribution in [0.3, 0.4) is 0 Å². The second-order valence-electron chi connectivity index (χ2n) is 6.24. The molecule has 0 aliphatic heterocycles. The monoisotopic (exact) mass is 435 g/mol. The molecule has 1 heterocycles. The highest BCUT2D eigenvalue weighted by Crippen LogP contribution is 2.31. The molecule has 30 heavy (non-hydrogen) atoms. The maximum Gasteiger partial charge on any atom is 0.329 e. The molecule has 8 heteroatoms. The molecule has 4 aromatic rings. The lowest BCUT2D eigenvalue weighted by Crippen LogP contribution is -2.24. The number of para-hydroxylation sites is 1. The molecule has 2 N–H and O–H groups in total. The lowest BCUT2D eigenvalue weighted by Gasteiger charge is -2.07. The third-order valence-corrected chi connectivity index (χ3v) is 6.02. The normalized spacial score (nSPS) is 10.6. The van der Waals surface area contributed by atoms with E-state index in [0.717, 1.165) is 32.7 Å². The molecule has 0 spiro atoms. The average molecular weight is 436 g/mol. The van der Waals surface area contributed by atoms with E-state index in [1.807, 2.05) is 42.5 Å². The van der Waals surface area contributed by atoms with Gasteiger partial charge in [0.2, 0.25) is 5.12 Å². The number of ether oxygens (including phenoxy) is 1. The minimum atomic E-state index is -0.483. The van der Waals surface area contributed by atoms with E-state index < -0.39 is 6.03 Å². The Hall–Kier alpha value is -3.36. The zero-order chi connectivity index (χ0) is 20.9. The van der Waals surface area contributed by atoms with Crippen LogP contribution in [0.15, 0.2) is 72.8 Å². The van der Waals surface area contributed by atoms with Gasteiger partial charge in [-0.3, -0.25) is 9.52 Å². The molecule has 150 valence electrons. The van der Waals surface area contributed by atoms with Crippen LogP contribution in [-0.2, 0) is 0 Å². The number of benzene rings is 3. The van der Waals surface area contributed by atoms with Crippen molar-refractivity contribution in [1.29, 1.82) is 0 Å². The third-order valence-electron chi connectivity index (χ3n) is 4.22. The van der Waals surface area contributed by atoms with E-state index in [2.05, 4.69) is 15.0 Å². The van der Waals surface area contributed by atoms with Gasteiger partial charge in [0.05, 0.1) is 17.3 Å². The number of amides is 2. The van der Waals surface area contributed by atoms with Crippen molar-refractivity contribution in [2.45, 2.75) is 0 Å². The fourth-order valence-electron chi connectivity index (χ4n) is 2.76. The molecule has 4 rings (SSSR count). The summed E-state index contributed by atoms with van der Waals surface area (Å²) in [5, 5.41) is 3.36. The average Bonchev–Trinajstić information content (AvgIpc) is 3.22. The first-order chi connectivity index (χ1) is 14.6. The van der Waals surface area contributed by atoms with Crippen molar-refractivity contribution in [3.63, 3.8) is 0 Å². The van der Waals surface area contributed by atoms with Gasteiger partial charge < -0.3 is 10.1 Å². The fourth-order valence-corrected chi connectivity index (χ4v) is 4.21. The predicted octanol–water partition coefficient (Wildman–Crippen LogP) is 5.58. The number of hydrogen-bond donors (Lipinski definition) is 2. The molecule has 3 aromatic carbocycles. The number of carbonyl (C=O) groups is 2. The molecule has 6 nitrogen and oxygen atoms in total. The number of aromatic nitrogens is 1. The summed E-state index contributed by atoms with van der Waals surface area (Å²) >= 11 is 2.32. The molecule has 0 fully saturated rings. The number of carbonyl (C=O) groups excluding carboxylic acids is 2. The van der Waals surface area contributed by atoms with Gasteiger partial charge in [-0.25, -0.2) is 9.78 Å². The Kier molecular flexibility index (Phi) is 5.97. The lowest BCUT2D eigenvalue weighted by molar-refractivity contribution is 0.108. The van der Waals surface area contributed by atoms with Crippen molar-refractivity contribution in [3.05, 3.63) is 78.4 Å². The summed E-state index contributed by atoms with van der Waals surface area (Å²) in [4.78, 5) is 29.0. The van der Waals surface area contributed by atoms with Crippen molar-refractivity contribution in [1.82, 2.24) is 9.71 Å². The summed E-state index contributed by atoms with van der Waals surface area (Å²) < 4.78 is 8.69. The Morgan fingerprint density at radius 3 is 2.57 bits per heavy atom. The Morgan fingerprint density at radius 2 is 1.80 bits per heavy atom. The van der Waals surface area contributed by atoms with E-state index in [1.54, 1.807) is 48.8 Å². The van der Waals surface area contributed by atoms with Gasteiger partial charge in [-0.15, -0.1) is 11.3 Å². The highest BCUT2D eigenvalue weighted by molar-refractivity contribution is 8.12. The van der Waals surface area contributed by atoms with Crippen LogP contribution in [0, 0.1) is 0 Å². The Labute approximate surface area is 181 Å². The van der Waals surface area contributed by atoms with Gasteiger partial charge in [0, 0.05) is 28.8 Å². The number of urea groups is 1. The second kappa shape index (κ2) is 8.98. The van der Waals surface area contributed by atoms with Crippen LogP contribution in [0.5, 0.6) is 5.75 Å². The molecular formula is C22H17N3O3S2. The molecule has 0 aliphatic rings. The zero-order valence-electron chi connectivity index (χ0n) is 15.9. The van der Waals surface area contributed by atoms with Gasteiger partial charge in [-0.1, -0.05) is 24.3 Å². The summed E-state index contributed by atoms with van der Waals surface area (Å²) in [6.45, 7) is 0. The van der Waals surface area contributed by atoms with Crippen molar-refractivity contribution >= 4 is 50.3 Å². The van der Waals surface area contributed by atoms with Crippen LogP contribution in [0.2, 0.25) is 0 Å². The van der Waals surface area contributed by atoms with Gasteiger partial charge in [0.15, 0.2) is 0 Å². The highest BCUT2D eigenvalue weighted by atomic mass is 32.2. The van der Waals surface area contributed by atoms with E-state index in [9.17, 15) is 9.59 Å². The Bertz CT molecular complexity index is 1170. The minimum Gasteiger partial charge on any atom is -0.497 e. The van der Waals surface area contributed by atoms with Crippen LogP contribution >= 0.6 is 23.3 Å². The highest BCUT2D eigenvalue weighted by Gasteiger charge is 2.11. The van der Waals surface area contributed by atoms with Crippen LogP contribution in [0.4, 0.5) is 10.5 Å². The fraction of sp³-hybridized carbons (Fsp3) is 0.0455. The van der Waals surface area contributed by atoms with Crippen LogP contribution in [0.25, 0.3) is 20.8 Å². The molecule has 0 unspecified atom stereocenters. The summed E-state index contributed by atoms with van der Waals surface area (Å²) in [6, 6.07) is 21.6. The van der Waals surface area contributed by atoms with Crippen LogP contribution in [0.1, 0.15) is 10.4 Å². The van der Waals surface area contributed by atoms with Crippen LogP contribution in [-0.4, -0.2) is 23.2 Å². The number of fused-ring (bicyclic) bond motifs is 1. The molecule has 0 atom stereocenters. The maximum atomic E-state index is 12.2. The first-order valence-electron chi connectivity index (χ1n) is 9.00. The van der Waals surface area contributed by atoms with Crippen molar-refractivity contribution in [2.75, 3.05) is 12.4 Å². The topological polar surface area (TPSA) is 80.3 Å². The smallest absolute Gasteiger partial charge is 0.329 e. The molecule has 0 aliphatic carbocycles. The first-order valence-corrected chi connectivity index (χ1v) is 10.6. The number of methoxy groups -OCH3 is 1. The summed E-state index contributed by atoms with van der Waals surface area (Å²) in [7, 11) is 1.56. The first kappa shape index (κ1) is 19.9. The molecule has 0 bridgehead atoms. The number of anilines is 1. The Morgan fingerprint density at radius 1 is 1.00 bits per heavy atom. The lowest BCUT2D eigenvalue weighted by atomic mass is 10.2. The second-order valence-corrected chi connectivity index (χ2v) is 8.05. The van der Waals surface area contributed by atoms with E-state index in [1.165, 1.54) is 0 Å². The van der Waals surface area contributed by atoms with Gasteiger partial charge >= 0.3 is 6.03 Å². The quantitative estimate of drug-likeness (QED) is 0.409. The van der Waals surface area contributed by atoms with Gasteiger partial charge in [-0.05, 0) is 48.5 Å². The van der Waals surface area contributed by atoms with Crippen molar-refractivity contribution < 1.29 is 14.3 Å². The number of hydrogen-bond acceptors (Lipinski definition) is 6.